The lowest BCUT2D eigenvalue weighted by atomic mass is 10.1. The molecule has 1 saturated heterocycles. The molecule has 0 spiro atoms. The number of hydrogen-bond donors (Lipinski definition) is 1. The first-order valence-corrected chi connectivity index (χ1v) is 6.46. The lowest BCUT2D eigenvalue weighted by molar-refractivity contribution is -0.141. The van der Waals surface area contributed by atoms with E-state index in [1.54, 1.807) is 24.0 Å². The van der Waals surface area contributed by atoms with Crippen molar-refractivity contribution in [3.05, 3.63) is 30.1 Å². The van der Waals surface area contributed by atoms with E-state index in [0.29, 0.717) is 19.5 Å². The van der Waals surface area contributed by atoms with Crippen LogP contribution in [0, 0.1) is 5.82 Å². The molecule has 1 aromatic rings. The van der Waals surface area contributed by atoms with Crippen LogP contribution in [0.5, 0.6) is 5.75 Å². The number of piperidine rings is 1. The molecule has 0 aliphatic carbocycles. The molecule has 0 bridgehead atoms. The van der Waals surface area contributed by atoms with Gasteiger partial charge in [-0.25, -0.2) is 4.39 Å². The number of benzene rings is 1. The summed E-state index contributed by atoms with van der Waals surface area (Å²) in [5.74, 6) is -0.635. The molecule has 0 radical (unpaired) electrons. The van der Waals surface area contributed by atoms with Crippen molar-refractivity contribution < 1.29 is 19.0 Å². The van der Waals surface area contributed by atoms with Crippen LogP contribution in [0.15, 0.2) is 24.3 Å². The van der Waals surface area contributed by atoms with Crippen molar-refractivity contribution in [2.24, 2.45) is 0 Å². The topological polar surface area (TPSA) is 49.8 Å². The summed E-state index contributed by atoms with van der Waals surface area (Å²) in [7, 11) is 0. The normalized spacial score (nSPS) is 21.0. The lowest BCUT2D eigenvalue weighted by Gasteiger charge is -2.32. The maximum absolute atomic E-state index is 13.4. The molecule has 2 rings (SSSR count). The zero-order valence-electron chi connectivity index (χ0n) is 10.9. The Balaban J connectivity index is 1.97. The fraction of sp³-hybridized carbons (Fsp3) is 0.500. The van der Waals surface area contributed by atoms with Crippen LogP contribution in [0.1, 0.15) is 19.8 Å². The van der Waals surface area contributed by atoms with Crippen LogP contribution in [0.2, 0.25) is 0 Å². The summed E-state index contributed by atoms with van der Waals surface area (Å²) in [6.45, 7) is 2.53. The van der Waals surface area contributed by atoms with Crippen LogP contribution in [0.3, 0.4) is 0 Å². The summed E-state index contributed by atoms with van der Waals surface area (Å²) in [6, 6.07) is 6.00. The zero-order valence-corrected chi connectivity index (χ0v) is 10.9. The van der Waals surface area contributed by atoms with Gasteiger partial charge in [0, 0.05) is 13.1 Å². The highest BCUT2D eigenvalue weighted by molar-refractivity contribution is 5.81. The molecule has 1 amide bonds. The predicted molar refractivity (Wildman–Crippen MR) is 68.3 cm³/mol. The van der Waals surface area contributed by atoms with Gasteiger partial charge in [-0.2, -0.15) is 0 Å². The van der Waals surface area contributed by atoms with Crippen molar-refractivity contribution >= 4 is 5.91 Å². The van der Waals surface area contributed by atoms with Gasteiger partial charge in [0.2, 0.25) is 0 Å². The molecule has 1 fully saturated rings. The molecule has 1 aliphatic rings. The Morgan fingerprint density at radius 3 is 2.95 bits per heavy atom. The smallest absolute Gasteiger partial charge is 0.263 e. The van der Waals surface area contributed by atoms with Crippen molar-refractivity contribution in [3.8, 4) is 5.75 Å². The fourth-order valence-corrected chi connectivity index (χ4v) is 2.19. The maximum atomic E-state index is 13.4. The van der Waals surface area contributed by atoms with Crippen LogP contribution >= 0.6 is 0 Å². The molecule has 1 aliphatic heterocycles. The Kier molecular flexibility index (Phi) is 4.37. The first-order valence-electron chi connectivity index (χ1n) is 6.46. The molecule has 1 heterocycles. The van der Waals surface area contributed by atoms with Gasteiger partial charge in [0.05, 0.1) is 6.10 Å². The van der Waals surface area contributed by atoms with Gasteiger partial charge in [-0.1, -0.05) is 12.1 Å². The highest BCUT2D eigenvalue weighted by Gasteiger charge is 2.27. The van der Waals surface area contributed by atoms with Crippen molar-refractivity contribution in [3.63, 3.8) is 0 Å². The summed E-state index contributed by atoms with van der Waals surface area (Å²) < 4.78 is 18.8. The van der Waals surface area contributed by atoms with E-state index in [1.807, 2.05) is 0 Å². The molecule has 4 nitrogen and oxygen atoms in total. The van der Waals surface area contributed by atoms with Crippen LogP contribution in [-0.2, 0) is 4.79 Å². The van der Waals surface area contributed by atoms with E-state index in [0.717, 1.165) is 6.42 Å². The highest BCUT2D eigenvalue weighted by Crippen LogP contribution is 2.18. The third kappa shape index (κ3) is 3.44. The van der Waals surface area contributed by atoms with Gasteiger partial charge in [0.15, 0.2) is 17.7 Å². The number of aliphatic hydroxyl groups is 1. The number of ether oxygens (including phenoxy) is 1. The number of β-amino-alcohol motifs (C(OH)–C–C–N with tert-alkyl or cyclic N) is 1. The Hall–Kier alpha value is -1.62. The quantitative estimate of drug-likeness (QED) is 0.904. The monoisotopic (exact) mass is 267 g/mol. The average molecular weight is 267 g/mol. The Morgan fingerprint density at radius 1 is 1.53 bits per heavy atom. The second kappa shape index (κ2) is 6.02. The standard InChI is InChI=1S/C14H18FNO3/c1-10(19-13-7-3-2-6-12(13)15)14(18)16-8-4-5-11(17)9-16/h2-3,6-7,10-11,17H,4-5,8-9H2,1H3/t10?,11-/m0/s1. The van der Waals surface area contributed by atoms with E-state index in [2.05, 4.69) is 0 Å². The van der Waals surface area contributed by atoms with Crippen LogP contribution in [-0.4, -0.2) is 41.2 Å². The average Bonchev–Trinajstić information content (AvgIpc) is 2.40. The molecule has 19 heavy (non-hydrogen) atoms. The van der Waals surface area contributed by atoms with Crippen molar-refractivity contribution in [2.45, 2.75) is 32.0 Å². The molecule has 1 aromatic carbocycles. The Morgan fingerprint density at radius 2 is 2.26 bits per heavy atom. The first-order chi connectivity index (χ1) is 9.08. The second-order valence-corrected chi connectivity index (χ2v) is 4.77. The number of aliphatic hydroxyl groups excluding tert-OH is 1. The molecule has 5 heteroatoms. The molecule has 104 valence electrons. The number of para-hydroxylation sites is 1. The van der Waals surface area contributed by atoms with Crippen molar-refractivity contribution in [1.29, 1.82) is 0 Å². The number of hydrogen-bond acceptors (Lipinski definition) is 3. The summed E-state index contributed by atoms with van der Waals surface area (Å²) in [4.78, 5) is 13.7. The minimum atomic E-state index is -0.762. The minimum Gasteiger partial charge on any atom is -0.478 e. The fourth-order valence-electron chi connectivity index (χ4n) is 2.19. The number of rotatable bonds is 3. The summed E-state index contributed by atoms with van der Waals surface area (Å²) in [6.07, 6.45) is 0.256. The number of carbonyl (C=O) groups is 1. The van der Waals surface area contributed by atoms with Gasteiger partial charge in [0.25, 0.3) is 5.91 Å². The van der Waals surface area contributed by atoms with Gasteiger partial charge in [-0.05, 0) is 31.9 Å². The number of nitrogens with zero attached hydrogens (tertiary/aromatic N) is 1. The van der Waals surface area contributed by atoms with E-state index in [1.165, 1.54) is 12.1 Å². The Bertz CT molecular complexity index is 452. The maximum Gasteiger partial charge on any atom is 0.263 e. The van der Waals surface area contributed by atoms with E-state index >= 15 is 0 Å². The number of carbonyl (C=O) groups excluding carboxylic acids is 1. The summed E-state index contributed by atoms with van der Waals surface area (Å²) in [5.41, 5.74) is 0. The van der Waals surface area contributed by atoms with Gasteiger partial charge in [-0.3, -0.25) is 4.79 Å². The van der Waals surface area contributed by atoms with E-state index < -0.39 is 18.0 Å². The highest BCUT2D eigenvalue weighted by atomic mass is 19.1. The lowest BCUT2D eigenvalue weighted by Crippen LogP contribution is -2.47. The van der Waals surface area contributed by atoms with Crippen LogP contribution in [0.25, 0.3) is 0 Å². The van der Waals surface area contributed by atoms with Crippen LogP contribution in [0.4, 0.5) is 4.39 Å². The van der Waals surface area contributed by atoms with Gasteiger partial charge < -0.3 is 14.7 Å². The van der Waals surface area contributed by atoms with Gasteiger partial charge >= 0.3 is 0 Å². The van der Waals surface area contributed by atoms with Crippen LogP contribution < -0.4 is 4.74 Å². The largest absolute Gasteiger partial charge is 0.478 e. The zero-order chi connectivity index (χ0) is 13.8. The van der Waals surface area contributed by atoms with Crippen molar-refractivity contribution in [2.75, 3.05) is 13.1 Å². The molecular weight excluding hydrogens is 249 g/mol. The third-order valence-corrected chi connectivity index (χ3v) is 3.20. The van der Waals surface area contributed by atoms with E-state index in [4.69, 9.17) is 4.74 Å². The number of halogens is 1. The second-order valence-electron chi connectivity index (χ2n) is 4.77. The molecule has 2 atom stereocenters. The molecule has 0 saturated carbocycles. The number of amides is 1. The number of likely N-dealkylation sites (tertiary alicyclic amines) is 1. The van der Waals surface area contributed by atoms with Crippen molar-refractivity contribution in [1.82, 2.24) is 4.90 Å². The predicted octanol–water partition coefficient (Wildman–Crippen LogP) is 1.58. The summed E-state index contributed by atoms with van der Waals surface area (Å²) in [5, 5.41) is 9.55. The minimum absolute atomic E-state index is 0.0703. The molecule has 1 unspecified atom stereocenters. The molecule has 1 N–H and O–H groups in total. The SMILES string of the molecule is CC(Oc1ccccc1F)C(=O)N1CCC[C@H](O)C1. The summed E-state index contributed by atoms with van der Waals surface area (Å²) >= 11 is 0. The molecular formula is C14H18FNO3. The van der Waals surface area contributed by atoms with Gasteiger partial charge in [-0.15, -0.1) is 0 Å². The first kappa shape index (κ1) is 13.8. The molecule has 0 aromatic heterocycles. The Labute approximate surface area is 111 Å². The van der Waals surface area contributed by atoms with E-state index in [-0.39, 0.29) is 11.7 Å². The van der Waals surface area contributed by atoms with Gasteiger partial charge in [0.1, 0.15) is 0 Å². The van der Waals surface area contributed by atoms with E-state index in [9.17, 15) is 14.3 Å². The third-order valence-electron chi connectivity index (χ3n) is 3.20.